The Morgan fingerprint density at radius 3 is 2.46 bits per heavy atom. The normalized spacial score (nSPS) is 11.0. The van der Waals surface area contributed by atoms with Crippen LogP contribution in [0.15, 0.2) is 74.6 Å². The predicted molar refractivity (Wildman–Crippen MR) is 118 cm³/mol. The second-order valence-corrected chi connectivity index (χ2v) is 7.85. The third-order valence-electron chi connectivity index (χ3n) is 4.03. The molecule has 0 atom stereocenters. The van der Waals surface area contributed by atoms with Crippen LogP contribution >= 0.6 is 31.9 Å². The summed E-state index contributed by atoms with van der Waals surface area (Å²) in [4.78, 5) is 14.8. The molecule has 0 saturated heterocycles. The quantitative estimate of drug-likeness (QED) is 0.212. The summed E-state index contributed by atoms with van der Waals surface area (Å²) in [7, 11) is 0. The maximum Gasteiger partial charge on any atom is 0.269 e. The van der Waals surface area contributed by atoms with Crippen molar-refractivity contribution in [3.05, 3.63) is 96.4 Å². The highest BCUT2D eigenvalue weighted by Gasteiger charge is 2.07. The van der Waals surface area contributed by atoms with Gasteiger partial charge in [0.05, 0.1) is 10.6 Å². The fraction of sp³-hybridized carbons (Fsp3) is 0.0952. The minimum Gasteiger partial charge on any atom is -0.489 e. The molecule has 0 unspecified atom stereocenters. The Kier molecular flexibility index (Phi) is 6.59. The van der Waals surface area contributed by atoms with E-state index >= 15 is 0 Å². The summed E-state index contributed by atoms with van der Waals surface area (Å²) in [5.74, 6) is 0.762. The molecular weight excluding hydrogens is 488 g/mol. The van der Waals surface area contributed by atoms with Crippen LogP contribution in [0, 0.1) is 17.0 Å². The number of hydrogen-bond acceptors (Lipinski definition) is 4. The van der Waals surface area contributed by atoms with E-state index in [2.05, 4.69) is 36.9 Å². The van der Waals surface area contributed by atoms with Crippen molar-refractivity contribution in [2.24, 2.45) is 4.99 Å². The molecule has 0 amide bonds. The standard InChI is InChI=1S/C21H16Br2N2O3/c1-14-10-18(25(26)27)6-9-21(14)24-12-15-2-7-19(8-3-15)28-13-16-4-5-17(22)11-20(16)23/h2-12H,13H2,1H3. The van der Waals surface area contributed by atoms with Crippen molar-refractivity contribution in [1.29, 1.82) is 0 Å². The number of benzene rings is 3. The van der Waals surface area contributed by atoms with Crippen molar-refractivity contribution in [3.8, 4) is 5.75 Å². The number of nitrogens with zero attached hydrogens (tertiary/aromatic N) is 2. The van der Waals surface area contributed by atoms with Gasteiger partial charge in [-0.25, -0.2) is 0 Å². The van der Waals surface area contributed by atoms with Crippen LogP contribution in [0.2, 0.25) is 0 Å². The highest BCUT2D eigenvalue weighted by atomic mass is 79.9. The minimum absolute atomic E-state index is 0.0652. The molecule has 7 heteroatoms. The van der Waals surface area contributed by atoms with Crippen LogP contribution in [0.3, 0.4) is 0 Å². The van der Waals surface area contributed by atoms with Crippen molar-refractivity contribution in [2.75, 3.05) is 0 Å². The van der Waals surface area contributed by atoms with E-state index in [1.165, 1.54) is 12.1 Å². The Morgan fingerprint density at radius 1 is 1.07 bits per heavy atom. The second-order valence-electron chi connectivity index (χ2n) is 6.08. The van der Waals surface area contributed by atoms with Gasteiger partial charge in [0.1, 0.15) is 12.4 Å². The third-order valence-corrected chi connectivity index (χ3v) is 5.26. The number of rotatable bonds is 6. The fourth-order valence-corrected chi connectivity index (χ4v) is 3.65. The molecule has 0 N–H and O–H groups in total. The van der Waals surface area contributed by atoms with Crippen LogP contribution in [-0.2, 0) is 6.61 Å². The van der Waals surface area contributed by atoms with Crippen molar-refractivity contribution >= 4 is 49.4 Å². The summed E-state index contributed by atoms with van der Waals surface area (Å²) < 4.78 is 7.83. The Labute approximate surface area is 179 Å². The van der Waals surface area contributed by atoms with Gasteiger partial charge >= 0.3 is 0 Å². The monoisotopic (exact) mass is 502 g/mol. The molecule has 0 aliphatic carbocycles. The number of nitro benzene ring substituents is 1. The molecular formula is C21H16Br2N2O3. The summed E-state index contributed by atoms with van der Waals surface area (Å²) in [5.41, 5.74) is 3.49. The van der Waals surface area contributed by atoms with Crippen LogP contribution in [-0.4, -0.2) is 11.1 Å². The van der Waals surface area contributed by atoms with E-state index < -0.39 is 4.92 Å². The van der Waals surface area contributed by atoms with Crippen LogP contribution in [0.25, 0.3) is 0 Å². The summed E-state index contributed by atoms with van der Waals surface area (Å²) in [5, 5.41) is 10.8. The average Bonchev–Trinajstić information content (AvgIpc) is 2.67. The molecule has 5 nitrogen and oxygen atoms in total. The maximum atomic E-state index is 10.8. The third kappa shape index (κ3) is 5.27. The summed E-state index contributed by atoms with van der Waals surface area (Å²) in [6, 6.07) is 18.2. The van der Waals surface area contributed by atoms with Gasteiger partial charge in [-0.2, -0.15) is 0 Å². The predicted octanol–water partition coefficient (Wildman–Crippen LogP) is 6.76. The lowest BCUT2D eigenvalue weighted by Gasteiger charge is -2.08. The molecule has 3 aromatic rings. The Balaban J connectivity index is 1.64. The summed E-state index contributed by atoms with van der Waals surface area (Å²) in [6.07, 6.45) is 1.73. The zero-order valence-electron chi connectivity index (χ0n) is 14.9. The lowest BCUT2D eigenvalue weighted by Crippen LogP contribution is -1.96. The first-order valence-electron chi connectivity index (χ1n) is 8.38. The molecule has 0 fully saturated rings. The number of hydrogen-bond donors (Lipinski definition) is 0. The number of nitro groups is 1. The zero-order chi connectivity index (χ0) is 20.1. The van der Waals surface area contributed by atoms with E-state index in [1.807, 2.05) is 42.5 Å². The summed E-state index contributed by atoms with van der Waals surface area (Å²) in [6.45, 7) is 2.26. The molecule has 142 valence electrons. The van der Waals surface area contributed by atoms with Crippen molar-refractivity contribution in [2.45, 2.75) is 13.5 Å². The van der Waals surface area contributed by atoms with Crippen LogP contribution in [0.5, 0.6) is 5.75 Å². The van der Waals surface area contributed by atoms with Crippen molar-refractivity contribution in [3.63, 3.8) is 0 Å². The molecule has 3 aromatic carbocycles. The lowest BCUT2D eigenvalue weighted by molar-refractivity contribution is -0.384. The van der Waals surface area contributed by atoms with Gasteiger partial charge in [0.25, 0.3) is 5.69 Å². The minimum atomic E-state index is -0.411. The molecule has 0 aromatic heterocycles. The van der Waals surface area contributed by atoms with E-state index in [0.717, 1.165) is 31.4 Å². The zero-order valence-corrected chi connectivity index (χ0v) is 18.1. The molecule has 0 saturated carbocycles. The Hall–Kier alpha value is -2.51. The number of non-ortho nitro benzene ring substituents is 1. The molecule has 0 spiro atoms. The smallest absolute Gasteiger partial charge is 0.269 e. The molecule has 0 bridgehead atoms. The second kappa shape index (κ2) is 9.12. The van der Waals surface area contributed by atoms with Crippen LogP contribution in [0.1, 0.15) is 16.7 Å². The van der Waals surface area contributed by atoms with Gasteiger partial charge in [0.2, 0.25) is 0 Å². The highest BCUT2D eigenvalue weighted by molar-refractivity contribution is 9.11. The van der Waals surface area contributed by atoms with E-state index in [-0.39, 0.29) is 5.69 Å². The Morgan fingerprint density at radius 2 is 1.82 bits per heavy atom. The molecule has 3 rings (SSSR count). The fourth-order valence-electron chi connectivity index (χ4n) is 2.49. The van der Waals surface area contributed by atoms with Crippen LogP contribution < -0.4 is 4.74 Å². The molecule has 28 heavy (non-hydrogen) atoms. The van der Waals surface area contributed by atoms with Gasteiger partial charge in [0.15, 0.2) is 0 Å². The maximum absolute atomic E-state index is 10.8. The number of halogens is 2. The molecule has 0 heterocycles. The van der Waals surface area contributed by atoms with E-state index in [0.29, 0.717) is 12.3 Å². The largest absolute Gasteiger partial charge is 0.489 e. The van der Waals surface area contributed by atoms with Gasteiger partial charge in [-0.15, -0.1) is 0 Å². The number of aryl methyl sites for hydroxylation is 1. The van der Waals surface area contributed by atoms with E-state index in [1.54, 1.807) is 19.2 Å². The van der Waals surface area contributed by atoms with Gasteiger partial charge in [0, 0.05) is 32.9 Å². The van der Waals surface area contributed by atoms with Crippen molar-refractivity contribution in [1.82, 2.24) is 0 Å². The SMILES string of the molecule is Cc1cc([N+](=O)[O-])ccc1N=Cc1ccc(OCc2ccc(Br)cc2Br)cc1. The van der Waals surface area contributed by atoms with Gasteiger partial charge in [-0.1, -0.05) is 37.9 Å². The lowest BCUT2D eigenvalue weighted by atomic mass is 10.2. The number of aliphatic imine (C=N–C) groups is 1. The summed E-state index contributed by atoms with van der Waals surface area (Å²) >= 11 is 6.96. The topological polar surface area (TPSA) is 64.7 Å². The van der Waals surface area contributed by atoms with Gasteiger partial charge in [-0.05, 0) is 60.5 Å². The molecule has 0 aliphatic heterocycles. The van der Waals surface area contributed by atoms with Gasteiger partial charge in [-0.3, -0.25) is 15.1 Å². The average molecular weight is 504 g/mol. The first kappa shape index (κ1) is 20.2. The highest BCUT2D eigenvalue weighted by Crippen LogP contribution is 2.25. The van der Waals surface area contributed by atoms with Crippen LogP contribution in [0.4, 0.5) is 11.4 Å². The molecule has 0 aliphatic rings. The first-order chi connectivity index (χ1) is 13.4. The van der Waals surface area contributed by atoms with Gasteiger partial charge < -0.3 is 4.74 Å². The molecule has 0 radical (unpaired) electrons. The van der Waals surface area contributed by atoms with Crippen molar-refractivity contribution < 1.29 is 9.66 Å². The van der Waals surface area contributed by atoms with E-state index in [9.17, 15) is 10.1 Å². The first-order valence-corrected chi connectivity index (χ1v) is 9.97. The van der Waals surface area contributed by atoms with E-state index in [4.69, 9.17) is 4.74 Å². The Bertz CT molecular complexity index is 1030. The number of ether oxygens (including phenoxy) is 1.